The van der Waals surface area contributed by atoms with Crippen LogP contribution in [-0.2, 0) is 0 Å². The zero-order chi connectivity index (χ0) is 37.0. The Kier molecular flexibility index (Phi) is 29.1. The summed E-state index contributed by atoms with van der Waals surface area (Å²) in [5.74, 6) is 0. The highest BCUT2D eigenvalue weighted by atomic mass is 19.4. The molecule has 0 atom stereocenters. The molecule has 0 amide bonds. The summed E-state index contributed by atoms with van der Waals surface area (Å²) in [6.45, 7) is 19.3. The van der Waals surface area contributed by atoms with E-state index in [1.54, 1.807) is 0 Å². The highest BCUT2D eigenvalue weighted by molar-refractivity contribution is 6.76. The molecule has 0 radical (unpaired) electrons. The van der Waals surface area contributed by atoms with E-state index in [9.17, 15) is 25.9 Å². The molecule has 0 aliphatic rings. The van der Waals surface area contributed by atoms with Crippen molar-refractivity contribution in [3.05, 3.63) is 24.3 Å². The molecule has 10 heteroatoms. The van der Waals surface area contributed by atoms with Crippen LogP contribution in [0.5, 0.6) is 0 Å². The van der Waals surface area contributed by atoms with Crippen LogP contribution in [0.1, 0.15) is 158 Å². The lowest BCUT2D eigenvalue weighted by Gasteiger charge is -2.39. The second kappa shape index (κ2) is 28.5. The van der Waals surface area contributed by atoms with E-state index in [4.69, 9.17) is 0 Å². The van der Waals surface area contributed by atoms with Crippen LogP contribution in [0.2, 0.25) is 0 Å². The van der Waals surface area contributed by atoms with Gasteiger partial charge in [0.1, 0.15) is 0 Å². The number of quaternary nitrogens is 2. The quantitative estimate of drug-likeness (QED) is 0.0514. The average molecular weight is 697 g/mol. The summed E-state index contributed by atoms with van der Waals surface area (Å²) in [6.07, 6.45) is 22.1. The van der Waals surface area contributed by atoms with Crippen LogP contribution < -0.4 is 10.9 Å². The van der Waals surface area contributed by atoms with E-state index < -0.39 is 24.9 Å². The van der Waals surface area contributed by atoms with Crippen LogP contribution in [0.4, 0.5) is 25.9 Å². The number of benzene rings is 1. The SMILES string of the molecule is CCCC[N+](CCCC)(CCCC)CCCC.CCCC[N+](CCCC)(CCCC)CCCC.F[B-](F)(F)c1cccc([B-](F)(F)F)c1. The van der Waals surface area contributed by atoms with Crippen molar-refractivity contribution in [1.82, 2.24) is 0 Å². The second-order valence-electron chi connectivity index (χ2n) is 14.1. The second-order valence-corrected chi connectivity index (χ2v) is 14.1. The van der Waals surface area contributed by atoms with Gasteiger partial charge in [-0.05, 0) is 51.4 Å². The normalized spacial score (nSPS) is 12.3. The Labute approximate surface area is 294 Å². The number of halogens is 6. The zero-order valence-corrected chi connectivity index (χ0v) is 32.6. The van der Waals surface area contributed by atoms with Crippen LogP contribution in [0.25, 0.3) is 0 Å². The van der Waals surface area contributed by atoms with Crippen molar-refractivity contribution < 1.29 is 34.9 Å². The van der Waals surface area contributed by atoms with Gasteiger partial charge in [-0.15, -0.1) is 17.0 Å². The smallest absolute Gasteiger partial charge is 0.445 e. The van der Waals surface area contributed by atoms with E-state index >= 15 is 0 Å². The van der Waals surface area contributed by atoms with Gasteiger partial charge in [0.2, 0.25) is 0 Å². The highest BCUT2D eigenvalue weighted by Gasteiger charge is 2.30. The van der Waals surface area contributed by atoms with Gasteiger partial charge in [0.25, 0.3) is 0 Å². The Hall–Kier alpha value is -1.15. The molecule has 1 aromatic carbocycles. The molecule has 1 rings (SSSR count). The fourth-order valence-corrected chi connectivity index (χ4v) is 6.26. The van der Waals surface area contributed by atoms with Crippen molar-refractivity contribution in [1.29, 1.82) is 0 Å². The van der Waals surface area contributed by atoms with Gasteiger partial charge in [0, 0.05) is 0 Å². The number of rotatable bonds is 26. The maximum atomic E-state index is 12.1. The molecule has 0 saturated carbocycles. The fourth-order valence-electron chi connectivity index (χ4n) is 6.26. The third-order valence-corrected chi connectivity index (χ3v) is 9.55. The van der Waals surface area contributed by atoms with Crippen molar-refractivity contribution >= 4 is 24.9 Å². The highest BCUT2D eigenvalue weighted by Crippen LogP contribution is 2.18. The van der Waals surface area contributed by atoms with Gasteiger partial charge >= 0.3 is 14.0 Å². The lowest BCUT2D eigenvalue weighted by molar-refractivity contribution is -0.929. The lowest BCUT2D eigenvalue weighted by atomic mass is 9.73. The summed E-state index contributed by atoms with van der Waals surface area (Å²) < 4.78 is 75.2. The van der Waals surface area contributed by atoms with Crippen molar-refractivity contribution in [3.63, 3.8) is 0 Å². The summed E-state index contributed by atoms with van der Waals surface area (Å²) in [6, 6.07) is 2.16. The summed E-state index contributed by atoms with van der Waals surface area (Å²) in [5, 5.41) is 0. The topological polar surface area (TPSA) is 0 Å². The van der Waals surface area contributed by atoms with Gasteiger partial charge < -0.3 is 34.9 Å². The van der Waals surface area contributed by atoms with Crippen molar-refractivity contribution in [2.24, 2.45) is 0 Å². The van der Waals surface area contributed by atoms with Crippen LogP contribution in [0, 0.1) is 0 Å². The maximum absolute atomic E-state index is 12.1. The van der Waals surface area contributed by atoms with Crippen molar-refractivity contribution in [2.45, 2.75) is 158 Å². The molecule has 286 valence electrons. The fraction of sp³-hybridized carbons (Fsp3) is 0.842. The summed E-state index contributed by atoms with van der Waals surface area (Å²) in [5.41, 5.74) is -2.44. The van der Waals surface area contributed by atoms with Gasteiger partial charge in [-0.25, -0.2) is 0 Å². The Balaban J connectivity index is 0. The molecule has 0 bridgehead atoms. The Morgan fingerprint density at radius 1 is 0.375 bits per heavy atom. The summed E-state index contributed by atoms with van der Waals surface area (Å²) in [4.78, 5) is 0. The molecule has 2 nitrogen and oxygen atoms in total. The first-order valence-corrected chi connectivity index (χ1v) is 19.9. The Morgan fingerprint density at radius 2 is 0.562 bits per heavy atom. The maximum Gasteiger partial charge on any atom is 0.509 e. The van der Waals surface area contributed by atoms with Crippen LogP contribution >= 0.6 is 0 Å². The first-order chi connectivity index (χ1) is 22.7. The van der Waals surface area contributed by atoms with E-state index in [1.165, 1.54) is 164 Å². The molecule has 0 aromatic heterocycles. The van der Waals surface area contributed by atoms with E-state index in [-0.39, 0.29) is 6.07 Å². The molecule has 0 aliphatic carbocycles. The zero-order valence-electron chi connectivity index (χ0n) is 32.6. The van der Waals surface area contributed by atoms with Gasteiger partial charge in [0.05, 0.1) is 52.4 Å². The standard InChI is InChI=1S/2C16H36N.C6H4B2F6/c2*1-5-9-13-17(14-10-6-2,15-11-7-3)16-12-8-4;9-7(10,11)5-2-1-3-6(4-5)8(12,13)14/h2*5-16H2,1-4H3;1-4H/q2*+1;-2. The minimum atomic E-state index is -5.37. The Morgan fingerprint density at radius 3 is 0.708 bits per heavy atom. The molecule has 0 saturated heterocycles. The van der Waals surface area contributed by atoms with Crippen LogP contribution in [0.15, 0.2) is 24.3 Å². The van der Waals surface area contributed by atoms with Crippen LogP contribution in [0.3, 0.4) is 0 Å². The predicted molar refractivity (Wildman–Crippen MR) is 203 cm³/mol. The monoisotopic (exact) mass is 697 g/mol. The number of unbranched alkanes of at least 4 members (excludes halogenated alkanes) is 8. The van der Waals surface area contributed by atoms with Crippen molar-refractivity contribution in [3.8, 4) is 0 Å². The van der Waals surface area contributed by atoms with Gasteiger partial charge in [-0.2, -0.15) is 0 Å². The number of hydrogen-bond donors (Lipinski definition) is 0. The molecule has 0 aliphatic heterocycles. The number of nitrogens with zero attached hydrogens (tertiary/aromatic N) is 2. The minimum Gasteiger partial charge on any atom is -0.445 e. The van der Waals surface area contributed by atoms with Crippen molar-refractivity contribution in [2.75, 3.05) is 52.4 Å². The summed E-state index contributed by atoms with van der Waals surface area (Å²) in [7, 11) is 0. The van der Waals surface area contributed by atoms with Gasteiger partial charge in [-0.1, -0.05) is 125 Å². The molecule has 0 heterocycles. The molecule has 1 aromatic rings. The molecular formula is C38H76B2F6N2. The third kappa shape index (κ3) is 23.3. The predicted octanol–water partition coefficient (Wildman–Crippen LogP) is 11.8. The largest absolute Gasteiger partial charge is 0.509 e. The molecule has 0 spiro atoms. The lowest BCUT2D eigenvalue weighted by Crippen LogP contribution is -2.50. The molecule has 0 N–H and O–H groups in total. The van der Waals surface area contributed by atoms with E-state index in [0.29, 0.717) is 12.1 Å². The molecule has 0 fully saturated rings. The number of hydrogen-bond acceptors (Lipinski definition) is 0. The van der Waals surface area contributed by atoms with E-state index in [2.05, 4.69) is 55.4 Å². The van der Waals surface area contributed by atoms with Gasteiger partial charge in [-0.3, -0.25) is 0 Å². The molecule has 48 heavy (non-hydrogen) atoms. The third-order valence-electron chi connectivity index (χ3n) is 9.55. The molecule has 0 unspecified atom stereocenters. The van der Waals surface area contributed by atoms with E-state index in [1.807, 2.05) is 0 Å². The Bertz CT molecular complexity index is 724. The first kappa shape index (κ1) is 49.0. The van der Waals surface area contributed by atoms with E-state index in [0.717, 1.165) is 6.07 Å². The summed E-state index contributed by atoms with van der Waals surface area (Å²) >= 11 is 0. The van der Waals surface area contributed by atoms with Gasteiger partial charge in [0.15, 0.2) is 0 Å². The molecular weight excluding hydrogens is 620 g/mol. The minimum absolute atomic E-state index is 0.139. The van der Waals surface area contributed by atoms with Crippen LogP contribution in [-0.4, -0.2) is 75.3 Å². The average Bonchev–Trinajstić information content (AvgIpc) is 3.07. The first-order valence-electron chi connectivity index (χ1n) is 19.9.